The molecule has 4 N–H and O–H groups in total. The molecule has 0 aliphatic heterocycles. The van der Waals surface area contributed by atoms with Crippen LogP contribution in [-0.2, 0) is 18.3 Å². The normalized spacial score (nSPS) is 18.8. The standard InChI is InChI=1S/C27H27F2N3O5/c1-26(2,3)27(18-7-5-4-6-16(18)12-21(27)31-25(33)34)14-15-8-10-17(11-9-15)37-24-19(28)13-20(32(35)36)23(30)22(24)29/h4-11,13,21,31H,12,14,30H2,1-3H3,(H,33,34). The number of carbonyl (C=O) groups is 1. The predicted octanol–water partition coefficient (Wildman–Crippen LogP) is 5.97. The summed E-state index contributed by atoms with van der Waals surface area (Å²) in [6.45, 7) is 6.23. The van der Waals surface area contributed by atoms with Crippen LogP contribution in [0.2, 0.25) is 0 Å². The Morgan fingerprint density at radius 2 is 1.86 bits per heavy atom. The summed E-state index contributed by atoms with van der Waals surface area (Å²) in [5.74, 6) is -3.34. The number of nitrogens with zero attached hydrogens (tertiary/aromatic N) is 1. The van der Waals surface area contributed by atoms with Gasteiger partial charge in [-0.3, -0.25) is 10.1 Å². The molecule has 4 rings (SSSR count). The predicted molar refractivity (Wildman–Crippen MR) is 134 cm³/mol. The van der Waals surface area contributed by atoms with E-state index in [1.54, 1.807) is 12.1 Å². The summed E-state index contributed by atoms with van der Waals surface area (Å²) in [6, 6.07) is 14.6. The largest absolute Gasteiger partial charge is 0.465 e. The number of halogens is 2. The molecule has 0 spiro atoms. The highest BCUT2D eigenvalue weighted by Gasteiger charge is 2.54. The van der Waals surface area contributed by atoms with Crippen LogP contribution in [0, 0.1) is 27.2 Å². The number of nitrogen functional groups attached to an aromatic ring is 1. The van der Waals surface area contributed by atoms with Gasteiger partial charge in [0.05, 0.1) is 11.0 Å². The van der Waals surface area contributed by atoms with Gasteiger partial charge in [-0.15, -0.1) is 0 Å². The van der Waals surface area contributed by atoms with Gasteiger partial charge in [-0.05, 0) is 47.1 Å². The molecule has 194 valence electrons. The van der Waals surface area contributed by atoms with Gasteiger partial charge in [-0.25, -0.2) is 13.6 Å². The number of nitrogens with two attached hydrogens (primary N) is 1. The first-order valence-corrected chi connectivity index (χ1v) is 11.6. The lowest BCUT2D eigenvalue weighted by Gasteiger charge is -2.47. The number of carboxylic acid groups (broad SMARTS) is 1. The Balaban J connectivity index is 1.68. The van der Waals surface area contributed by atoms with Crippen LogP contribution in [0.3, 0.4) is 0 Å². The monoisotopic (exact) mass is 511 g/mol. The van der Waals surface area contributed by atoms with Crippen molar-refractivity contribution in [3.8, 4) is 11.5 Å². The molecule has 0 saturated heterocycles. The van der Waals surface area contributed by atoms with Gasteiger partial charge in [-0.2, -0.15) is 0 Å². The molecular formula is C27H27F2N3O5. The molecule has 0 fully saturated rings. The van der Waals surface area contributed by atoms with Gasteiger partial charge in [0.2, 0.25) is 5.75 Å². The van der Waals surface area contributed by atoms with Gasteiger partial charge in [0.15, 0.2) is 17.3 Å². The quantitative estimate of drug-likeness (QED) is 0.213. The van der Waals surface area contributed by atoms with Crippen molar-refractivity contribution in [1.82, 2.24) is 5.32 Å². The molecule has 8 nitrogen and oxygen atoms in total. The van der Waals surface area contributed by atoms with Crippen LogP contribution in [0.5, 0.6) is 11.5 Å². The van der Waals surface area contributed by atoms with E-state index >= 15 is 0 Å². The maximum absolute atomic E-state index is 14.5. The zero-order valence-corrected chi connectivity index (χ0v) is 20.5. The van der Waals surface area contributed by atoms with Crippen molar-refractivity contribution < 1.29 is 28.3 Å². The third kappa shape index (κ3) is 4.54. The Morgan fingerprint density at radius 1 is 1.22 bits per heavy atom. The number of amides is 1. The summed E-state index contributed by atoms with van der Waals surface area (Å²) in [4.78, 5) is 21.7. The van der Waals surface area contributed by atoms with Crippen molar-refractivity contribution in [3.05, 3.63) is 93.0 Å². The van der Waals surface area contributed by atoms with Gasteiger partial charge in [0, 0.05) is 11.5 Å². The third-order valence-electron chi connectivity index (χ3n) is 7.17. The molecule has 0 aromatic heterocycles. The van der Waals surface area contributed by atoms with E-state index in [-0.39, 0.29) is 17.2 Å². The fourth-order valence-electron chi connectivity index (χ4n) is 5.41. The van der Waals surface area contributed by atoms with Crippen LogP contribution in [0.15, 0.2) is 54.6 Å². The first-order chi connectivity index (χ1) is 17.3. The Hall–Kier alpha value is -4.21. The highest BCUT2D eigenvalue weighted by Crippen LogP contribution is 2.52. The molecule has 0 bridgehead atoms. The lowest BCUT2D eigenvalue weighted by Crippen LogP contribution is -2.56. The highest BCUT2D eigenvalue weighted by molar-refractivity contribution is 5.66. The first-order valence-electron chi connectivity index (χ1n) is 11.6. The topological polar surface area (TPSA) is 128 Å². The van der Waals surface area contributed by atoms with Gasteiger partial charge < -0.3 is 20.9 Å². The Labute approximate surface area is 212 Å². The molecule has 3 aromatic rings. The summed E-state index contributed by atoms with van der Waals surface area (Å²) >= 11 is 0. The van der Waals surface area contributed by atoms with E-state index in [9.17, 15) is 28.8 Å². The van der Waals surface area contributed by atoms with Crippen LogP contribution >= 0.6 is 0 Å². The van der Waals surface area contributed by atoms with Crippen molar-refractivity contribution >= 4 is 17.5 Å². The van der Waals surface area contributed by atoms with E-state index in [0.717, 1.165) is 16.7 Å². The zero-order chi connectivity index (χ0) is 27.1. The number of nitro groups is 1. The van der Waals surface area contributed by atoms with E-state index in [0.29, 0.717) is 18.9 Å². The van der Waals surface area contributed by atoms with Crippen molar-refractivity contribution in [2.24, 2.45) is 5.41 Å². The molecule has 2 atom stereocenters. The Morgan fingerprint density at radius 3 is 2.46 bits per heavy atom. The molecule has 1 aliphatic rings. The molecule has 2 unspecified atom stereocenters. The van der Waals surface area contributed by atoms with Crippen molar-refractivity contribution in [1.29, 1.82) is 0 Å². The van der Waals surface area contributed by atoms with Crippen LogP contribution in [-0.4, -0.2) is 22.2 Å². The third-order valence-corrected chi connectivity index (χ3v) is 7.17. The van der Waals surface area contributed by atoms with Gasteiger partial charge in [-0.1, -0.05) is 57.2 Å². The molecule has 0 radical (unpaired) electrons. The van der Waals surface area contributed by atoms with Crippen LogP contribution in [0.4, 0.5) is 25.0 Å². The second-order valence-corrected chi connectivity index (χ2v) is 10.2. The van der Waals surface area contributed by atoms with Crippen LogP contribution < -0.4 is 15.8 Å². The second kappa shape index (κ2) is 9.34. The number of hydrogen-bond donors (Lipinski definition) is 3. The minimum Gasteiger partial charge on any atom is -0.465 e. The van der Waals surface area contributed by atoms with E-state index < -0.39 is 45.2 Å². The fraction of sp³-hybridized carbons (Fsp3) is 0.296. The van der Waals surface area contributed by atoms with Crippen molar-refractivity contribution in [3.63, 3.8) is 0 Å². The first kappa shape index (κ1) is 25.9. The van der Waals surface area contributed by atoms with E-state index in [4.69, 9.17) is 10.5 Å². The van der Waals surface area contributed by atoms with Gasteiger partial charge >= 0.3 is 6.09 Å². The molecule has 1 amide bonds. The van der Waals surface area contributed by atoms with E-state index in [1.807, 2.05) is 24.3 Å². The smallest absolute Gasteiger partial charge is 0.404 e. The summed E-state index contributed by atoms with van der Waals surface area (Å²) < 4.78 is 34.3. The van der Waals surface area contributed by atoms with Gasteiger partial charge in [0.25, 0.3) is 5.69 Å². The molecule has 10 heteroatoms. The number of benzene rings is 3. The number of hydrogen-bond acceptors (Lipinski definition) is 5. The summed E-state index contributed by atoms with van der Waals surface area (Å²) in [7, 11) is 0. The second-order valence-electron chi connectivity index (χ2n) is 10.2. The number of rotatable bonds is 6. The maximum Gasteiger partial charge on any atom is 0.404 e. The molecular weight excluding hydrogens is 484 g/mol. The highest BCUT2D eigenvalue weighted by atomic mass is 19.1. The zero-order valence-electron chi connectivity index (χ0n) is 20.5. The number of nitro benzene ring substituents is 1. The fourth-order valence-corrected chi connectivity index (χ4v) is 5.41. The average Bonchev–Trinajstić information content (AvgIpc) is 3.13. The van der Waals surface area contributed by atoms with Crippen LogP contribution in [0.1, 0.15) is 37.5 Å². The summed E-state index contributed by atoms with van der Waals surface area (Å²) in [5, 5.41) is 23.2. The minimum atomic E-state index is -1.35. The number of ether oxygens (including phenoxy) is 1. The molecule has 3 aromatic carbocycles. The Kier molecular flexibility index (Phi) is 6.53. The molecule has 37 heavy (non-hydrogen) atoms. The average molecular weight is 512 g/mol. The Bertz CT molecular complexity index is 1370. The molecule has 0 heterocycles. The minimum absolute atomic E-state index is 0.103. The molecule has 1 aliphatic carbocycles. The summed E-state index contributed by atoms with van der Waals surface area (Å²) in [5.41, 5.74) is 5.85. The SMILES string of the molecule is CC(C)(C)C1(Cc2ccc(Oc3c(F)cc([N+](=O)[O-])c(N)c3F)cc2)c2ccccc2CC1NC(=O)O. The van der Waals surface area contributed by atoms with Crippen molar-refractivity contribution in [2.75, 3.05) is 5.73 Å². The van der Waals surface area contributed by atoms with E-state index in [1.165, 1.54) is 12.1 Å². The summed E-state index contributed by atoms with van der Waals surface area (Å²) in [6.07, 6.45) is -0.0471. The molecule has 0 saturated carbocycles. The number of nitrogens with one attached hydrogen (secondary N) is 1. The lowest BCUT2D eigenvalue weighted by molar-refractivity contribution is -0.384. The van der Waals surface area contributed by atoms with E-state index in [2.05, 4.69) is 26.1 Å². The maximum atomic E-state index is 14.5. The number of fused-ring (bicyclic) bond motifs is 1. The van der Waals surface area contributed by atoms with Crippen LogP contribution in [0.25, 0.3) is 0 Å². The lowest BCUT2D eigenvalue weighted by atomic mass is 9.58. The van der Waals surface area contributed by atoms with Crippen molar-refractivity contribution in [2.45, 2.75) is 45.1 Å². The number of anilines is 1. The van der Waals surface area contributed by atoms with Gasteiger partial charge in [0.1, 0.15) is 5.75 Å².